The van der Waals surface area contributed by atoms with Crippen LogP contribution in [0.3, 0.4) is 0 Å². The first kappa shape index (κ1) is 14.8. The molecule has 1 heteroatoms. The van der Waals surface area contributed by atoms with Crippen LogP contribution >= 0.6 is 22.6 Å². The van der Waals surface area contributed by atoms with E-state index >= 15 is 0 Å². The SMILES string of the molecule is CCc1cccc(C2=CCC(c3ccccc3)CC2)c1I. The summed E-state index contributed by atoms with van der Waals surface area (Å²) in [6, 6.07) is 17.7. The molecule has 2 aromatic carbocycles. The summed E-state index contributed by atoms with van der Waals surface area (Å²) in [4.78, 5) is 0. The van der Waals surface area contributed by atoms with Gasteiger partial charge in [-0.1, -0.05) is 61.5 Å². The molecule has 0 aromatic heterocycles. The van der Waals surface area contributed by atoms with Crippen LogP contribution in [0.1, 0.15) is 48.8 Å². The highest BCUT2D eigenvalue weighted by Crippen LogP contribution is 2.37. The van der Waals surface area contributed by atoms with Gasteiger partial charge in [0.05, 0.1) is 0 Å². The van der Waals surface area contributed by atoms with E-state index < -0.39 is 0 Å². The third-order valence-electron chi connectivity index (χ3n) is 4.49. The van der Waals surface area contributed by atoms with Crippen molar-refractivity contribution in [3.8, 4) is 0 Å². The van der Waals surface area contributed by atoms with E-state index in [0.29, 0.717) is 5.92 Å². The zero-order chi connectivity index (χ0) is 14.7. The van der Waals surface area contributed by atoms with E-state index in [0.717, 1.165) is 6.42 Å². The molecular formula is C20H21I. The molecule has 0 radical (unpaired) electrons. The Labute approximate surface area is 141 Å². The van der Waals surface area contributed by atoms with Crippen molar-refractivity contribution in [1.82, 2.24) is 0 Å². The summed E-state index contributed by atoms with van der Waals surface area (Å²) in [5.74, 6) is 0.696. The molecule has 0 N–H and O–H groups in total. The maximum Gasteiger partial charge on any atom is 0.0237 e. The highest BCUT2D eigenvalue weighted by atomic mass is 127. The molecule has 108 valence electrons. The summed E-state index contributed by atoms with van der Waals surface area (Å²) in [7, 11) is 0. The molecule has 0 amide bonds. The van der Waals surface area contributed by atoms with Gasteiger partial charge in [0.2, 0.25) is 0 Å². The minimum atomic E-state index is 0.696. The minimum Gasteiger partial charge on any atom is -0.0801 e. The Hall–Kier alpha value is -1.09. The van der Waals surface area contributed by atoms with Crippen LogP contribution in [0.5, 0.6) is 0 Å². The van der Waals surface area contributed by atoms with E-state index in [-0.39, 0.29) is 0 Å². The predicted molar refractivity (Wildman–Crippen MR) is 99.5 cm³/mol. The standard InChI is InChI=1S/C20H21I/c1-2-15-9-6-10-19(20(15)21)18-13-11-17(12-14-18)16-7-4-3-5-8-16/h3-10,13,17H,2,11-12,14H2,1H3. The number of benzene rings is 2. The first-order valence-corrected chi connectivity index (χ1v) is 8.89. The van der Waals surface area contributed by atoms with E-state index in [9.17, 15) is 0 Å². The molecule has 0 saturated carbocycles. The van der Waals surface area contributed by atoms with Gasteiger partial charge in [0.1, 0.15) is 0 Å². The summed E-state index contributed by atoms with van der Waals surface area (Å²) >= 11 is 2.52. The molecule has 0 nitrogen and oxygen atoms in total. The summed E-state index contributed by atoms with van der Waals surface area (Å²) in [5.41, 5.74) is 5.97. The number of rotatable bonds is 3. The van der Waals surface area contributed by atoms with Gasteiger partial charge >= 0.3 is 0 Å². The highest BCUT2D eigenvalue weighted by molar-refractivity contribution is 14.1. The van der Waals surface area contributed by atoms with Gasteiger partial charge in [0.25, 0.3) is 0 Å². The predicted octanol–water partition coefficient (Wildman–Crippen LogP) is 6.20. The molecule has 1 atom stereocenters. The van der Waals surface area contributed by atoms with Crippen LogP contribution in [-0.4, -0.2) is 0 Å². The number of hydrogen-bond donors (Lipinski definition) is 0. The number of hydrogen-bond acceptors (Lipinski definition) is 0. The van der Waals surface area contributed by atoms with Gasteiger partial charge < -0.3 is 0 Å². The van der Waals surface area contributed by atoms with Crippen LogP contribution in [0.4, 0.5) is 0 Å². The van der Waals surface area contributed by atoms with Crippen molar-refractivity contribution in [2.24, 2.45) is 0 Å². The summed E-state index contributed by atoms with van der Waals surface area (Å²) in [5, 5.41) is 0. The van der Waals surface area contributed by atoms with Crippen LogP contribution in [0.25, 0.3) is 5.57 Å². The van der Waals surface area contributed by atoms with Gasteiger partial charge in [0.15, 0.2) is 0 Å². The fourth-order valence-corrected chi connectivity index (χ4v) is 4.29. The Bertz CT molecular complexity index is 640. The van der Waals surface area contributed by atoms with Gasteiger partial charge in [0, 0.05) is 3.57 Å². The summed E-state index contributed by atoms with van der Waals surface area (Å²) in [6.45, 7) is 2.24. The second-order valence-electron chi connectivity index (χ2n) is 5.74. The molecule has 0 heterocycles. The van der Waals surface area contributed by atoms with Crippen LogP contribution in [-0.2, 0) is 6.42 Å². The molecule has 0 saturated heterocycles. The quantitative estimate of drug-likeness (QED) is 0.549. The van der Waals surface area contributed by atoms with Gasteiger partial charge in [-0.25, -0.2) is 0 Å². The smallest absolute Gasteiger partial charge is 0.0237 e. The largest absolute Gasteiger partial charge is 0.0801 e. The first-order chi connectivity index (χ1) is 10.3. The van der Waals surface area contributed by atoms with E-state index in [1.54, 1.807) is 5.57 Å². The number of halogens is 1. The third kappa shape index (κ3) is 3.23. The Kier molecular flexibility index (Phi) is 4.79. The second-order valence-corrected chi connectivity index (χ2v) is 6.82. The van der Waals surface area contributed by atoms with Crippen molar-refractivity contribution in [3.63, 3.8) is 0 Å². The lowest BCUT2D eigenvalue weighted by atomic mass is 9.82. The molecule has 21 heavy (non-hydrogen) atoms. The van der Waals surface area contributed by atoms with Crippen molar-refractivity contribution in [2.75, 3.05) is 0 Å². The molecule has 1 aliphatic rings. The van der Waals surface area contributed by atoms with E-state index in [2.05, 4.69) is 84.1 Å². The average molecular weight is 388 g/mol. The lowest BCUT2D eigenvalue weighted by Crippen LogP contribution is -2.05. The molecule has 2 aromatic rings. The molecule has 0 spiro atoms. The van der Waals surface area contributed by atoms with Crippen LogP contribution in [0.2, 0.25) is 0 Å². The van der Waals surface area contributed by atoms with Crippen molar-refractivity contribution in [3.05, 3.63) is 74.9 Å². The Morgan fingerprint density at radius 1 is 1.05 bits per heavy atom. The van der Waals surface area contributed by atoms with Crippen molar-refractivity contribution < 1.29 is 0 Å². The van der Waals surface area contributed by atoms with Crippen molar-refractivity contribution in [2.45, 2.75) is 38.5 Å². The van der Waals surface area contributed by atoms with Crippen LogP contribution in [0, 0.1) is 3.57 Å². The van der Waals surface area contributed by atoms with Crippen LogP contribution in [0.15, 0.2) is 54.6 Å². The molecule has 0 fully saturated rings. The topological polar surface area (TPSA) is 0 Å². The lowest BCUT2D eigenvalue weighted by molar-refractivity contribution is 0.625. The number of allylic oxidation sites excluding steroid dienone is 2. The van der Waals surface area contributed by atoms with Crippen LogP contribution < -0.4 is 0 Å². The third-order valence-corrected chi connectivity index (χ3v) is 5.76. The fourth-order valence-electron chi connectivity index (χ4n) is 3.21. The molecule has 3 rings (SSSR count). The molecule has 1 aliphatic carbocycles. The van der Waals surface area contributed by atoms with Crippen molar-refractivity contribution >= 4 is 28.2 Å². The van der Waals surface area contributed by atoms with Gasteiger partial charge in [-0.05, 0) is 76.5 Å². The number of aryl methyl sites for hydroxylation is 1. The van der Waals surface area contributed by atoms with Gasteiger partial charge in [-0.3, -0.25) is 0 Å². The molecule has 0 bridgehead atoms. The minimum absolute atomic E-state index is 0.696. The lowest BCUT2D eigenvalue weighted by Gasteiger charge is -2.23. The fraction of sp³-hybridized carbons (Fsp3) is 0.300. The maximum atomic E-state index is 2.52. The van der Waals surface area contributed by atoms with Crippen molar-refractivity contribution in [1.29, 1.82) is 0 Å². The maximum absolute atomic E-state index is 2.52. The normalized spacial score (nSPS) is 18.4. The Morgan fingerprint density at radius 2 is 1.86 bits per heavy atom. The zero-order valence-corrected chi connectivity index (χ0v) is 14.6. The average Bonchev–Trinajstić information content (AvgIpc) is 2.56. The summed E-state index contributed by atoms with van der Waals surface area (Å²) in [6.07, 6.45) is 7.22. The Balaban J connectivity index is 1.82. The second kappa shape index (κ2) is 6.78. The molecule has 0 aliphatic heterocycles. The molecule has 1 unspecified atom stereocenters. The first-order valence-electron chi connectivity index (χ1n) is 7.81. The molecular weight excluding hydrogens is 367 g/mol. The summed E-state index contributed by atoms with van der Waals surface area (Å²) < 4.78 is 1.45. The van der Waals surface area contributed by atoms with Gasteiger partial charge in [-0.2, -0.15) is 0 Å². The zero-order valence-electron chi connectivity index (χ0n) is 12.5. The van der Waals surface area contributed by atoms with Gasteiger partial charge in [-0.15, -0.1) is 0 Å². The van der Waals surface area contributed by atoms with E-state index in [1.807, 2.05) is 0 Å². The van der Waals surface area contributed by atoms with E-state index in [1.165, 1.54) is 39.5 Å². The monoisotopic (exact) mass is 388 g/mol. The van der Waals surface area contributed by atoms with E-state index in [4.69, 9.17) is 0 Å². The highest BCUT2D eigenvalue weighted by Gasteiger charge is 2.18. The Morgan fingerprint density at radius 3 is 2.52 bits per heavy atom.